The summed E-state index contributed by atoms with van der Waals surface area (Å²) < 4.78 is 6.35. The van der Waals surface area contributed by atoms with E-state index in [2.05, 4.69) is 48.5 Å². The molecule has 214 valence electrons. The Morgan fingerprint density at radius 3 is 1.97 bits per heavy atom. The minimum atomic E-state index is -1.77. The van der Waals surface area contributed by atoms with Gasteiger partial charge < -0.3 is 30.3 Å². The number of hydrogen-bond acceptors (Lipinski definition) is 6. The number of aliphatic hydroxyl groups is 5. The lowest BCUT2D eigenvalue weighted by molar-refractivity contribution is -0.342. The zero-order valence-electron chi connectivity index (χ0n) is 24.7. The van der Waals surface area contributed by atoms with Crippen molar-refractivity contribution in [3.8, 4) is 0 Å². The molecule has 13 atom stereocenters. The van der Waals surface area contributed by atoms with Crippen LogP contribution < -0.4 is 0 Å². The fourth-order valence-electron chi connectivity index (χ4n) is 11.7. The van der Waals surface area contributed by atoms with Gasteiger partial charge in [-0.25, -0.2) is 0 Å². The lowest BCUT2D eigenvalue weighted by atomic mass is 9.32. The monoisotopic (exact) mass is 522 g/mol. The summed E-state index contributed by atoms with van der Waals surface area (Å²) in [6, 6.07) is 0. The zero-order chi connectivity index (χ0) is 27.8. The van der Waals surface area contributed by atoms with Crippen LogP contribution in [0.5, 0.6) is 0 Å². The van der Waals surface area contributed by atoms with Crippen LogP contribution >= 0.6 is 0 Å². The Kier molecular flexibility index (Phi) is 6.07. The Hall–Kier alpha value is -0.240. The molecule has 1 aliphatic heterocycles. The normalized spacial score (nSPS) is 58.1. The maximum Gasteiger partial charge on any atom is 0.196 e. The Labute approximate surface area is 224 Å². The summed E-state index contributed by atoms with van der Waals surface area (Å²) >= 11 is 0. The molecule has 4 aliphatic carbocycles. The molecule has 1 saturated heterocycles. The van der Waals surface area contributed by atoms with Crippen LogP contribution in [-0.4, -0.2) is 61.3 Å². The molecule has 6 nitrogen and oxygen atoms in total. The predicted octanol–water partition coefficient (Wildman–Crippen LogP) is 4.25. The Balaban J connectivity index is 1.58. The largest absolute Gasteiger partial charge is 0.393 e. The average molecular weight is 523 g/mol. The molecule has 5 fully saturated rings. The van der Waals surface area contributed by atoms with Gasteiger partial charge in [0.25, 0.3) is 0 Å². The van der Waals surface area contributed by atoms with E-state index in [9.17, 15) is 25.5 Å². The molecule has 0 radical (unpaired) electrons. The second-order valence-corrected chi connectivity index (χ2v) is 16.2. The lowest BCUT2D eigenvalue weighted by Crippen LogP contribution is -2.67. The van der Waals surface area contributed by atoms with Gasteiger partial charge >= 0.3 is 0 Å². The first kappa shape index (κ1) is 28.3. The quantitative estimate of drug-likeness (QED) is 0.371. The van der Waals surface area contributed by atoms with Gasteiger partial charge in [-0.3, -0.25) is 0 Å². The van der Waals surface area contributed by atoms with Gasteiger partial charge in [0.2, 0.25) is 0 Å². The highest BCUT2D eigenvalue weighted by Crippen LogP contribution is 2.80. The van der Waals surface area contributed by atoms with Crippen molar-refractivity contribution in [1.29, 1.82) is 0 Å². The van der Waals surface area contributed by atoms with Crippen LogP contribution in [0.3, 0.4) is 0 Å². The van der Waals surface area contributed by atoms with Gasteiger partial charge in [-0.1, -0.05) is 48.5 Å². The van der Waals surface area contributed by atoms with E-state index in [1.165, 1.54) is 0 Å². The minimum Gasteiger partial charge on any atom is -0.393 e. The number of rotatable bonds is 2. The van der Waals surface area contributed by atoms with Crippen LogP contribution in [0.25, 0.3) is 0 Å². The third-order valence-corrected chi connectivity index (χ3v) is 14.1. The lowest BCUT2D eigenvalue weighted by Gasteiger charge is -2.72. The highest BCUT2D eigenvalue weighted by Gasteiger charge is 2.81. The molecule has 0 bridgehead atoms. The van der Waals surface area contributed by atoms with Crippen LogP contribution in [0.15, 0.2) is 0 Å². The molecule has 5 N–H and O–H groups in total. The van der Waals surface area contributed by atoms with Crippen LogP contribution in [0.4, 0.5) is 0 Å². The fraction of sp³-hybridized carbons (Fsp3) is 1.00. The summed E-state index contributed by atoms with van der Waals surface area (Å²) in [6.45, 7) is 19.1. The Morgan fingerprint density at radius 2 is 1.38 bits per heavy atom. The van der Waals surface area contributed by atoms with E-state index in [0.717, 1.165) is 38.5 Å². The number of hydrogen-bond donors (Lipinski definition) is 5. The summed E-state index contributed by atoms with van der Waals surface area (Å²) in [5, 5.41) is 56.9. The molecule has 0 aromatic heterocycles. The Morgan fingerprint density at radius 1 is 0.838 bits per heavy atom. The van der Waals surface area contributed by atoms with Crippen molar-refractivity contribution in [2.75, 3.05) is 0 Å². The summed E-state index contributed by atoms with van der Waals surface area (Å²) in [7, 11) is 0. The number of ether oxygens (including phenoxy) is 1. The van der Waals surface area contributed by atoms with Gasteiger partial charge in [-0.05, 0) is 98.2 Å². The van der Waals surface area contributed by atoms with Gasteiger partial charge in [0.1, 0.15) is 12.2 Å². The molecule has 0 aromatic rings. The van der Waals surface area contributed by atoms with Crippen LogP contribution in [0.2, 0.25) is 0 Å². The highest BCUT2D eigenvalue weighted by molar-refractivity contribution is 5.26. The van der Waals surface area contributed by atoms with Crippen molar-refractivity contribution in [2.24, 2.45) is 50.7 Å². The molecule has 1 heterocycles. The maximum atomic E-state index is 12.3. The Bertz CT molecular complexity index is 929. The van der Waals surface area contributed by atoms with E-state index in [-0.39, 0.29) is 45.5 Å². The smallest absolute Gasteiger partial charge is 0.196 e. The third kappa shape index (κ3) is 3.21. The molecule has 6 heteroatoms. The standard InChI is InChI=1S/C31H54O6/c1-17-16-18(23(33)26(4,5)35)37-31(36)22(17)29(8)15-14-28(7)20(30(29,9)24(31)34)11-10-19-25(2,3)21(32)12-13-27(19,28)6/h17-24,32-36H,10-16H2,1-9H3/t17-,18-,19+,20-,21+,22?,23-,24-,27+,28-,29-,30-,31-/m1/s1. The van der Waals surface area contributed by atoms with Gasteiger partial charge in [-0.2, -0.15) is 0 Å². The zero-order valence-corrected chi connectivity index (χ0v) is 24.7. The van der Waals surface area contributed by atoms with Gasteiger partial charge in [0.15, 0.2) is 5.79 Å². The maximum absolute atomic E-state index is 12.3. The van der Waals surface area contributed by atoms with E-state index in [0.29, 0.717) is 12.3 Å². The predicted molar refractivity (Wildman–Crippen MR) is 142 cm³/mol. The summed E-state index contributed by atoms with van der Waals surface area (Å²) in [5.41, 5.74) is -2.44. The second kappa shape index (κ2) is 7.94. The van der Waals surface area contributed by atoms with Crippen LogP contribution in [0, 0.1) is 50.7 Å². The van der Waals surface area contributed by atoms with Crippen molar-refractivity contribution in [3.05, 3.63) is 0 Å². The van der Waals surface area contributed by atoms with Crippen molar-refractivity contribution >= 4 is 0 Å². The first-order valence-corrected chi connectivity index (χ1v) is 14.9. The van der Waals surface area contributed by atoms with Crippen LogP contribution in [-0.2, 0) is 4.74 Å². The molecule has 37 heavy (non-hydrogen) atoms. The van der Waals surface area contributed by atoms with E-state index in [1.54, 1.807) is 13.8 Å². The summed E-state index contributed by atoms with van der Waals surface area (Å²) in [4.78, 5) is 0. The molecule has 0 spiro atoms. The second-order valence-electron chi connectivity index (χ2n) is 16.2. The number of fused-ring (bicyclic) bond motifs is 7. The molecule has 5 rings (SSSR count). The SMILES string of the molecule is C[C@@H]1C[C@H]([C@@H](O)C(C)(C)O)O[C@]2(O)C1[C@@]1(C)CC[C@]3(C)[C@@H](CC[C@H]4C(C)(C)[C@@H](O)CC[C@@]43C)[C@]1(C)[C@H]2O. The molecule has 0 aromatic carbocycles. The minimum absolute atomic E-state index is 0.0160. The summed E-state index contributed by atoms with van der Waals surface area (Å²) in [6.07, 6.45) is 2.94. The summed E-state index contributed by atoms with van der Waals surface area (Å²) in [5.74, 6) is -1.41. The topological polar surface area (TPSA) is 110 Å². The van der Waals surface area contributed by atoms with Gasteiger partial charge in [0.05, 0.1) is 17.8 Å². The average Bonchev–Trinajstić information content (AvgIpc) is 2.92. The first-order chi connectivity index (χ1) is 16.7. The van der Waals surface area contributed by atoms with E-state index in [4.69, 9.17) is 4.74 Å². The van der Waals surface area contributed by atoms with Gasteiger partial charge in [0, 0.05) is 11.3 Å². The molecule has 5 aliphatic rings. The van der Waals surface area contributed by atoms with Crippen molar-refractivity contribution in [2.45, 2.75) is 143 Å². The molecular formula is C31H54O6. The molecule has 0 amide bonds. The molecule has 4 saturated carbocycles. The van der Waals surface area contributed by atoms with Crippen molar-refractivity contribution in [3.63, 3.8) is 0 Å². The third-order valence-electron chi connectivity index (χ3n) is 14.1. The first-order valence-electron chi connectivity index (χ1n) is 14.9. The highest BCUT2D eigenvalue weighted by atomic mass is 16.7. The van der Waals surface area contributed by atoms with Gasteiger partial charge in [-0.15, -0.1) is 0 Å². The van der Waals surface area contributed by atoms with E-state index < -0.39 is 35.1 Å². The van der Waals surface area contributed by atoms with Crippen LogP contribution in [0.1, 0.15) is 107 Å². The van der Waals surface area contributed by atoms with E-state index >= 15 is 0 Å². The number of aliphatic hydroxyl groups excluding tert-OH is 3. The molecular weight excluding hydrogens is 468 g/mol. The van der Waals surface area contributed by atoms with Crippen molar-refractivity contribution in [1.82, 2.24) is 0 Å². The van der Waals surface area contributed by atoms with E-state index in [1.807, 2.05) is 0 Å². The fourth-order valence-corrected chi connectivity index (χ4v) is 11.7. The van der Waals surface area contributed by atoms with Crippen molar-refractivity contribution < 1.29 is 30.3 Å². The molecule has 1 unspecified atom stereocenters.